The van der Waals surface area contributed by atoms with E-state index in [2.05, 4.69) is 10.1 Å². The van der Waals surface area contributed by atoms with Crippen molar-refractivity contribution in [1.82, 2.24) is 15.0 Å². The number of nitrogens with zero attached hydrogens (tertiary/aromatic N) is 3. The van der Waals surface area contributed by atoms with Gasteiger partial charge in [0.1, 0.15) is 0 Å². The third-order valence-corrected chi connectivity index (χ3v) is 2.66. The fourth-order valence-electron chi connectivity index (χ4n) is 1.56. The molecule has 0 bridgehead atoms. The highest BCUT2D eigenvalue weighted by atomic mass is 16.5. The lowest BCUT2D eigenvalue weighted by molar-refractivity contribution is -0.131. The fraction of sp³-hybridized carbons (Fsp3) is 0.750. The maximum absolute atomic E-state index is 11.8. The van der Waals surface area contributed by atoms with Gasteiger partial charge >= 0.3 is 0 Å². The van der Waals surface area contributed by atoms with Crippen LogP contribution in [0.3, 0.4) is 0 Å². The summed E-state index contributed by atoms with van der Waals surface area (Å²) >= 11 is 0. The molecule has 0 aliphatic heterocycles. The van der Waals surface area contributed by atoms with Gasteiger partial charge in [0.25, 0.3) is 0 Å². The van der Waals surface area contributed by atoms with Crippen LogP contribution >= 0.6 is 0 Å². The molecule has 0 aliphatic rings. The molecule has 6 nitrogen and oxygen atoms in total. The lowest BCUT2D eigenvalue weighted by atomic mass is 10.2. The van der Waals surface area contributed by atoms with E-state index in [4.69, 9.17) is 9.63 Å². The number of aromatic nitrogens is 2. The van der Waals surface area contributed by atoms with Crippen LogP contribution in [-0.2, 0) is 11.2 Å². The van der Waals surface area contributed by atoms with E-state index in [1.807, 2.05) is 20.8 Å². The molecule has 0 radical (unpaired) electrons. The third-order valence-electron chi connectivity index (χ3n) is 2.66. The van der Waals surface area contributed by atoms with Gasteiger partial charge in [0.15, 0.2) is 5.82 Å². The second-order valence-electron chi connectivity index (χ2n) is 4.40. The third kappa shape index (κ3) is 4.10. The maximum atomic E-state index is 11.8. The minimum Gasteiger partial charge on any atom is -0.395 e. The zero-order chi connectivity index (χ0) is 13.5. The van der Waals surface area contributed by atoms with Crippen LogP contribution in [0.5, 0.6) is 0 Å². The number of rotatable bonds is 7. The normalized spacial score (nSPS) is 10.9. The summed E-state index contributed by atoms with van der Waals surface area (Å²) < 4.78 is 5.07. The van der Waals surface area contributed by atoms with Crippen LogP contribution in [0, 0.1) is 0 Å². The molecule has 0 saturated heterocycles. The first-order valence-corrected chi connectivity index (χ1v) is 6.29. The second-order valence-corrected chi connectivity index (χ2v) is 4.40. The average Bonchev–Trinajstić information content (AvgIpc) is 2.82. The Morgan fingerprint density at radius 2 is 2.22 bits per heavy atom. The number of aliphatic hydroxyl groups excluding tert-OH is 1. The molecule has 1 rings (SSSR count). The molecule has 1 aromatic rings. The molecule has 102 valence electrons. The molecule has 0 unspecified atom stereocenters. The number of aryl methyl sites for hydroxylation is 1. The van der Waals surface area contributed by atoms with Gasteiger partial charge in [-0.25, -0.2) is 0 Å². The van der Waals surface area contributed by atoms with Crippen molar-refractivity contribution in [2.45, 2.75) is 39.5 Å². The van der Waals surface area contributed by atoms with Crippen LogP contribution in [0.4, 0.5) is 0 Å². The quantitative estimate of drug-likeness (QED) is 0.785. The van der Waals surface area contributed by atoms with Crippen LogP contribution in [0.25, 0.3) is 0 Å². The topological polar surface area (TPSA) is 79.5 Å². The highest BCUT2D eigenvalue weighted by Gasteiger charge is 2.14. The van der Waals surface area contributed by atoms with Gasteiger partial charge in [0.05, 0.1) is 6.61 Å². The van der Waals surface area contributed by atoms with Crippen LogP contribution < -0.4 is 0 Å². The molecule has 1 amide bonds. The molecular weight excluding hydrogens is 234 g/mol. The zero-order valence-electron chi connectivity index (χ0n) is 11.2. The van der Waals surface area contributed by atoms with Crippen molar-refractivity contribution in [1.29, 1.82) is 0 Å². The predicted octanol–water partition coefficient (Wildman–Crippen LogP) is 0.966. The molecule has 0 fully saturated rings. The number of carbonyl (C=O) groups is 1. The number of amides is 1. The van der Waals surface area contributed by atoms with Crippen molar-refractivity contribution >= 4 is 5.91 Å². The number of carbonyl (C=O) groups excluding carboxylic acids is 1. The zero-order valence-corrected chi connectivity index (χ0v) is 11.2. The number of hydrogen-bond donors (Lipinski definition) is 1. The Bertz CT molecular complexity index is 376. The summed E-state index contributed by atoms with van der Waals surface area (Å²) in [5.41, 5.74) is 0. The Labute approximate surface area is 107 Å². The van der Waals surface area contributed by atoms with E-state index in [0.717, 1.165) is 0 Å². The summed E-state index contributed by atoms with van der Waals surface area (Å²) in [7, 11) is 0. The second kappa shape index (κ2) is 7.10. The van der Waals surface area contributed by atoms with Gasteiger partial charge in [-0.1, -0.05) is 19.0 Å². The smallest absolute Gasteiger partial charge is 0.227 e. The number of hydrogen-bond acceptors (Lipinski definition) is 5. The monoisotopic (exact) mass is 255 g/mol. The first-order valence-electron chi connectivity index (χ1n) is 6.29. The van der Waals surface area contributed by atoms with Gasteiger partial charge in [-0.2, -0.15) is 4.98 Å². The van der Waals surface area contributed by atoms with E-state index in [1.165, 1.54) is 0 Å². The molecule has 0 atom stereocenters. The molecule has 0 saturated carbocycles. The van der Waals surface area contributed by atoms with Crippen molar-refractivity contribution < 1.29 is 14.4 Å². The molecule has 18 heavy (non-hydrogen) atoms. The van der Waals surface area contributed by atoms with Crippen LogP contribution in [0.15, 0.2) is 4.52 Å². The lowest BCUT2D eigenvalue weighted by Crippen LogP contribution is -2.33. The van der Waals surface area contributed by atoms with E-state index in [1.54, 1.807) is 4.90 Å². The van der Waals surface area contributed by atoms with Gasteiger partial charge in [-0.3, -0.25) is 4.79 Å². The number of aliphatic hydroxyl groups is 1. The standard InChI is InChI=1S/C12H21N3O3/c1-4-15(7-8-16)11(17)6-5-10-13-12(9(2)3)14-18-10/h9,16H,4-8H2,1-3H3. The van der Waals surface area contributed by atoms with Gasteiger partial charge in [0.2, 0.25) is 11.8 Å². The Morgan fingerprint density at radius 1 is 1.50 bits per heavy atom. The van der Waals surface area contributed by atoms with Crippen molar-refractivity contribution in [3.63, 3.8) is 0 Å². The van der Waals surface area contributed by atoms with E-state index < -0.39 is 0 Å². The first-order chi connectivity index (χ1) is 8.58. The first kappa shape index (κ1) is 14.6. The Kier molecular flexibility index (Phi) is 5.77. The van der Waals surface area contributed by atoms with Crippen molar-refractivity contribution in [2.75, 3.05) is 19.7 Å². The Morgan fingerprint density at radius 3 is 2.72 bits per heavy atom. The SMILES string of the molecule is CCN(CCO)C(=O)CCc1nc(C(C)C)no1. The molecule has 0 aliphatic carbocycles. The summed E-state index contributed by atoms with van der Waals surface area (Å²) in [6.07, 6.45) is 0.772. The maximum Gasteiger partial charge on any atom is 0.227 e. The Hall–Kier alpha value is -1.43. The lowest BCUT2D eigenvalue weighted by Gasteiger charge is -2.18. The summed E-state index contributed by atoms with van der Waals surface area (Å²) in [4.78, 5) is 17.6. The average molecular weight is 255 g/mol. The molecular formula is C12H21N3O3. The fourth-order valence-corrected chi connectivity index (χ4v) is 1.56. The van der Waals surface area contributed by atoms with Crippen LogP contribution in [0.1, 0.15) is 44.8 Å². The van der Waals surface area contributed by atoms with E-state index in [0.29, 0.717) is 37.6 Å². The van der Waals surface area contributed by atoms with Gasteiger partial charge in [-0.15, -0.1) is 0 Å². The van der Waals surface area contributed by atoms with Gasteiger partial charge in [-0.05, 0) is 6.92 Å². The minimum absolute atomic E-state index is 0.00385. The molecule has 1 heterocycles. The summed E-state index contributed by atoms with van der Waals surface area (Å²) in [5.74, 6) is 1.38. The summed E-state index contributed by atoms with van der Waals surface area (Å²) in [5, 5.41) is 12.7. The van der Waals surface area contributed by atoms with Crippen molar-refractivity contribution in [2.24, 2.45) is 0 Å². The van der Waals surface area contributed by atoms with E-state index >= 15 is 0 Å². The van der Waals surface area contributed by atoms with E-state index in [9.17, 15) is 4.79 Å². The molecule has 0 aromatic carbocycles. The van der Waals surface area contributed by atoms with Crippen LogP contribution in [-0.4, -0.2) is 45.8 Å². The minimum atomic E-state index is -0.0162. The predicted molar refractivity (Wildman–Crippen MR) is 66.0 cm³/mol. The summed E-state index contributed by atoms with van der Waals surface area (Å²) in [6.45, 7) is 6.81. The molecule has 0 spiro atoms. The van der Waals surface area contributed by atoms with Crippen molar-refractivity contribution in [3.05, 3.63) is 11.7 Å². The molecule has 6 heteroatoms. The number of likely N-dealkylation sites (N-methyl/N-ethyl adjacent to an activating group) is 1. The Balaban J connectivity index is 2.46. The van der Waals surface area contributed by atoms with Gasteiger partial charge < -0.3 is 14.5 Å². The van der Waals surface area contributed by atoms with Crippen LogP contribution in [0.2, 0.25) is 0 Å². The van der Waals surface area contributed by atoms with E-state index in [-0.39, 0.29) is 18.4 Å². The molecule has 1 N–H and O–H groups in total. The van der Waals surface area contributed by atoms with Gasteiger partial charge in [0, 0.05) is 31.8 Å². The van der Waals surface area contributed by atoms with Crippen molar-refractivity contribution in [3.8, 4) is 0 Å². The largest absolute Gasteiger partial charge is 0.395 e. The highest BCUT2D eigenvalue weighted by Crippen LogP contribution is 2.11. The summed E-state index contributed by atoms with van der Waals surface area (Å²) in [6, 6.07) is 0. The molecule has 1 aromatic heterocycles. The highest BCUT2D eigenvalue weighted by molar-refractivity contribution is 5.76.